The van der Waals surface area contributed by atoms with Crippen molar-refractivity contribution in [2.75, 3.05) is 51.7 Å². The minimum atomic E-state index is 0.708. The maximum absolute atomic E-state index is 2.76. The first-order valence-corrected chi connectivity index (χ1v) is 11.4. The molecular formula is C25H37N3. The third-order valence-electron chi connectivity index (χ3n) is 7.71. The van der Waals surface area contributed by atoms with Gasteiger partial charge in [-0.3, -0.25) is 0 Å². The maximum Gasteiger partial charge on any atom is 0.0393 e. The molecule has 2 saturated heterocycles. The average molecular weight is 380 g/mol. The Morgan fingerprint density at radius 2 is 1.82 bits per heavy atom. The molecule has 0 unspecified atom stereocenters. The Bertz CT molecular complexity index is 737. The monoisotopic (exact) mass is 379 g/mol. The van der Waals surface area contributed by atoms with Gasteiger partial charge in [-0.2, -0.15) is 0 Å². The average Bonchev–Trinajstić information content (AvgIpc) is 3.43. The Labute approximate surface area is 171 Å². The number of hydrogen-bond acceptors (Lipinski definition) is 3. The highest BCUT2D eigenvalue weighted by molar-refractivity contribution is 5.54. The van der Waals surface area contributed by atoms with Crippen molar-refractivity contribution in [1.29, 1.82) is 0 Å². The van der Waals surface area contributed by atoms with Crippen LogP contribution in [0.5, 0.6) is 0 Å². The van der Waals surface area contributed by atoms with Crippen molar-refractivity contribution in [3.8, 4) is 0 Å². The molecule has 1 aromatic carbocycles. The zero-order valence-electron chi connectivity index (χ0n) is 18.1. The fraction of sp³-hybridized carbons (Fsp3) is 0.680. The van der Waals surface area contributed by atoms with Gasteiger partial charge in [0.2, 0.25) is 0 Å². The Hall–Kier alpha value is -1.48. The van der Waals surface area contributed by atoms with Gasteiger partial charge in [0.1, 0.15) is 0 Å². The third kappa shape index (κ3) is 3.70. The Balaban J connectivity index is 1.07. The van der Waals surface area contributed by atoms with Crippen LogP contribution < -0.4 is 4.90 Å². The second-order valence-electron chi connectivity index (χ2n) is 10.5. The normalized spacial score (nSPS) is 24.8. The topological polar surface area (TPSA) is 9.72 Å². The zero-order chi connectivity index (χ0) is 19.3. The highest BCUT2D eigenvalue weighted by atomic mass is 15.2. The lowest BCUT2D eigenvalue weighted by Gasteiger charge is -2.60. The number of rotatable bonds is 5. The van der Waals surface area contributed by atoms with E-state index < -0.39 is 0 Å². The molecule has 0 aromatic heterocycles. The molecule has 2 aliphatic carbocycles. The fourth-order valence-corrected chi connectivity index (χ4v) is 6.09. The quantitative estimate of drug-likeness (QED) is 0.738. The smallest absolute Gasteiger partial charge is 0.0393 e. The van der Waals surface area contributed by atoms with Crippen LogP contribution in [0.2, 0.25) is 0 Å². The van der Waals surface area contributed by atoms with Gasteiger partial charge in [-0.1, -0.05) is 17.7 Å². The van der Waals surface area contributed by atoms with E-state index in [0.717, 1.165) is 11.8 Å². The lowest BCUT2D eigenvalue weighted by atomic mass is 9.57. The molecule has 4 aliphatic rings. The highest BCUT2D eigenvalue weighted by Crippen LogP contribution is 2.52. The summed E-state index contributed by atoms with van der Waals surface area (Å²) in [6, 6.07) is 7.12. The number of hydrogen-bond donors (Lipinski definition) is 0. The molecule has 28 heavy (non-hydrogen) atoms. The Morgan fingerprint density at radius 1 is 1.11 bits per heavy atom. The predicted molar refractivity (Wildman–Crippen MR) is 118 cm³/mol. The lowest BCUT2D eigenvalue weighted by molar-refractivity contribution is -0.0802. The van der Waals surface area contributed by atoms with E-state index in [2.05, 4.69) is 60.1 Å². The van der Waals surface area contributed by atoms with E-state index in [4.69, 9.17) is 0 Å². The molecule has 3 heteroatoms. The van der Waals surface area contributed by atoms with Crippen molar-refractivity contribution in [2.45, 2.75) is 51.4 Å². The summed E-state index contributed by atoms with van der Waals surface area (Å²) in [5.41, 5.74) is 6.70. The molecule has 0 bridgehead atoms. The summed E-state index contributed by atoms with van der Waals surface area (Å²) >= 11 is 0. The molecule has 1 spiro atoms. The van der Waals surface area contributed by atoms with Gasteiger partial charge < -0.3 is 14.7 Å². The number of piperidine rings is 1. The molecule has 0 N–H and O–H groups in total. The van der Waals surface area contributed by atoms with Crippen LogP contribution in [0.25, 0.3) is 0 Å². The van der Waals surface area contributed by atoms with Crippen LogP contribution in [0.4, 0.5) is 5.69 Å². The van der Waals surface area contributed by atoms with Crippen molar-refractivity contribution in [1.82, 2.24) is 9.80 Å². The molecule has 3 nitrogen and oxygen atoms in total. The summed E-state index contributed by atoms with van der Waals surface area (Å²) in [7, 11) is 4.31. The van der Waals surface area contributed by atoms with Crippen molar-refractivity contribution in [3.63, 3.8) is 0 Å². The van der Waals surface area contributed by atoms with Crippen LogP contribution in [-0.4, -0.2) is 56.6 Å². The molecule has 1 aromatic rings. The van der Waals surface area contributed by atoms with E-state index >= 15 is 0 Å². The predicted octanol–water partition coefficient (Wildman–Crippen LogP) is 4.63. The van der Waals surface area contributed by atoms with E-state index in [0.29, 0.717) is 5.41 Å². The summed E-state index contributed by atoms with van der Waals surface area (Å²) in [6.45, 7) is 8.84. The van der Waals surface area contributed by atoms with E-state index in [1.807, 2.05) is 0 Å². The minimum absolute atomic E-state index is 0.708. The summed E-state index contributed by atoms with van der Waals surface area (Å²) < 4.78 is 0. The molecule has 0 amide bonds. The lowest BCUT2D eigenvalue weighted by Crippen LogP contribution is -2.61. The number of aryl methyl sites for hydroxylation is 1. The van der Waals surface area contributed by atoms with Crippen LogP contribution >= 0.6 is 0 Å². The Morgan fingerprint density at radius 3 is 2.46 bits per heavy atom. The maximum atomic E-state index is 2.76. The largest absolute Gasteiger partial charge is 0.377 e. The van der Waals surface area contributed by atoms with Gasteiger partial charge in [0.05, 0.1) is 0 Å². The first-order valence-electron chi connectivity index (χ1n) is 11.4. The molecule has 0 atom stereocenters. The summed E-state index contributed by atoms with van der Waals surface area (Å²) in [6.07, 6.45) is 10.8. The van der Waals surface area contributed by atoms with Gasteiger partial charge in [0.25, 0.3) is 0 Å². The number of allylic oxidation sites excluding steroid dienone is 1. The third-order valence-corrected chi connectivity index (χ3v) is 7.71. The molecular weight excluding hydrogens is 342 g/mol. The first kappa shape index (κ1) is 18.5. The van der Waals surface area contributed by atoms with Crippen molar-refractivity contribution < 1.29 is 0 Å². The van der Waals surface area contributed by atoms with Gasteiger partial charge >= 0.3 is 0 Å². The first-order chi connectivity index (χ1) is 13.5. The second kappa shape index (κ2) is 7.09. The van der Waals surface area contributed by atoms with Gasteiger partial charge in [0.15, 0.2) is 0 Å². The van der Waals surface area contributed by atoms with E-state index in [1.165, 1.54) is 82.5 Å². The van der Waals surface area contributed by atoms with E-state index in [-0.39, 0.29) is 0 Å². The number of nitrogens with zero attached hydrogens (tertiary/aromatic N) is 3. The van der Waals surface area contributed by atoms with Crippen molar-refractivity contribution >= 4 is 5.69 Å². The second-order valence-corrected chi connectivity index (χ2v) is 10.5. The van der Waals surface area contributed by atoms with Crippen LogP contribution in [0.15, 0.2) is 30.0 Å². The van der Waals surface area contributed by atoms with Crippen LogP contribution in [0.1, 0.15) is 55.6 Å². The van der Waals surface area contributed by atoms with E-state index in [9.17, 15) is 0 Å². The van der Waals surface area contributed by atoms with Crippen LogP contribution in [-0.2, 0) is 0 Å². The SMILES string of the molecule is Cc1ccc(C2CCN(CC3CC4(C3)CN(C=C3CC3)C4)CC2)cc1N(C)C. The number of anilines is 1. The van der Waals surface area contributed by atoms with Crippen molar-refractivity contribution in [3.05, 3.63) is 41.1 Å². The summed E-state index contributed by atoms with van der Waals surface area (Å²) in [5, 5.41) is 0. The van der Waals surface area contributed by atoms with Gasteiger partial charge in [-0.15, -0.1) is 0 Å². The van der Waals surface area contributed by atoms with Gasteiger partial charge in [-0.05, 0) is 93.8 Å². The summed E-state index contributed by atoms with van der Waals surface area (Å²) in [5.74, 6) is 1.71. The number of likely N-dealkylation sites (tertiary alicyclic amines) is 2. The molecule has 4 fully saturated rings. The zero-order valence-corrected chi connectivity index (χ0v) is 18.1. The van der Waals surface area contributed by atoms with Crippen LogP contribution in [0, 0.1) is 18.3 Å². The molecule has 152 valence electrons. The van der Waals surface area contributed by atoms with Crippen LogP contribution in [0.3, 0.4) is 0 Å². The standard InChI is InChI=1S/C25H37N3/c1-19-4-7-23(12-24(19)26(2)3)22-8-10-27(11-9-22)16-21-13-25(14-21)17-28(18-25)15-20-5-6-20/h4,7,12,15,21-22H,5-6,8-11,13-14,16-18H2,1-3H3. The molecule has 0 radical (unpaired) electrons. The molecule has 2 saturated carbocycles. The number of benzene rings is 1. The summed E-state index contributed by atoms with van der Waals surface area (Å²) in [4.78, 5) is 7.59. The van der Waals surface area contributed by atoms with Gasteiger partial charge in [-0.25, -0.2) is 0 Å². The van der Waals surface area contributed by atoms with E-state index in [1.54, 1.807) is 11.1 Å². The van der Waals surface area contributed by atoms with Crippen molar-refractivity contribution in [2.24, 2.45) is 11.3 Å². The minimum Gasteiger partial charge on any atom is -0.377 e. The fourth-order valence-electron chi connectivity index (χ4n) is 6.09. The highest BCUT2D eigenvalue weighted by Gasteiger charge is 2.51. The molecule has 2 aliphatic heterocycles. The molecule has 5 rings (SSSR count). The Kier molecular flexibility index (Phi) is 4.70. The van der Waals surface area contributed by atoms with Gasteiger partial charge in [0, 0.05) is 44.8 Å². The molecule has 2 heterocycles.